The number of rotatable bonds is 8. The summed E-state index contributed by atoms with van der Waals surface area (Å²) in [7, 11) is -11.2. The van der Waals surface area contributed by atoms with Crippen molar-refractivity contribution >= 4 is 61.3 Å². The molecule has 1 aliphatic heterocycles. The van der Waals surface area contributed by atoms with E-state index in [4.69, 9.17) is 41.6 Å². The van der Waals surface area contributed by atoms with Crippen molar-refractivity contribution in [2.75, 3.05) is 23.7 Å². The summed E-state index contributed by atoms with van der Waals surface area (Å²) < 4.78 is 61.3. The van der Waals surface area contributed by atoms with Gasteiger partial charge in [0.25, 0.3) is 0 Å². The van der Waals surface area contributed by atoms with Gasteiger partial charge in [-0.05, 0) is 18.1 Å². The van der Waals surface area contributed by atoms with Crippen LogP contribution in [0.5, 0.6) is 0 Å². The Bertz CT molecular complexity index is 1800. The largest absolute Gasteiger partial charge is 0.510 e. The number of carboxylic acids is 1. The second-order valence-corrected chi connectivity index (χ2v) is 13.3. The molecule has 1 aromatic carbocycles. The number of carboxylic acid groups (broad SMARTS) is 1. The Hall–Kier alpha value is -3.63. The number of carbonyl (C=O) groups is 2. The van der Waals surface area contributed by atoms with Crippen LogP contribution in [0.1, 0.15) is 22.8 Å². The van der Waals surface area contributed by atoms with Crippen molar-refractivity contribution < 1.29 is 61.7 Å². The number of anilines is 2. The minimum absolute atomic E-state index is 0.142. The van der Waals surface area contributed by atoms with Crippen LogP contribution < -0.4 is 16.1 Å². The van der Waals surface area contributed by atoms with Crippen LogP contribution in [0.25, 0.3) is 16.7 Å². The van der Waals surface area contributed by atoms with Crippen LogP contribution in [0.3, 0.4) is 0 Å². The molecule has 21 heteroatoms. The molecule has 232 valence electrons. The van der Waals surface area contributed by atoms with E-state index >= 15 is 0 Å². The molecule has 0 spiro atoms. The predicted octanol–water partition coefficient (Wildman–Crippen LogP) is 2.14. The number of hydrogen-bond donors (Lipinski definition) is 6. The van der Waals surface area contributed by atoms with E-state index in [0.717, 1.165) is 10.8 Å². The Balaban J connectivity index is 1.75. The van der Waals surface area contributed by atoms with E-state index in [1.54, 1.807) is 6.92 Å². The lowest BCUT2D eigenvalue weighted by Gasteiger charge is -2.41. The fraction of sp³-hybridized carbons (Fsp3) is 0.273. The highest BCUT2D eigenvalue weighted by atomic mass is 35.5. The zero-order valence-corrected chi connectivity index (χ0v) is 24.1. The number of aromatic nitrogens is 2. The summed E-state index contributed by atoms with van der Waals surface area (Å²) in [4.78, 5) is 78.6. The van der Waals surface area contributed by atoms with E-state index in [1.807, 2.05) is 0 Å². The average molecular weight is 669 g/mol. The summed E-state index contributed by atoms with van der Waals surface area (Å²) in [6, 6.07) is 1.73. The third kappa shape index (κ3) is 6.21. The second kappa shape index (κ2) is 11.5. The molecule has 16 nitrogen and oxygen atoms in total. The topological polar surface area (TPSA) is 252 Å². The number of hydrogen-bond acceptors (Lipinski definition) is 10. The van der Waals surface area contributed by atoms with Gasteiger partial charge in [-0.2, -0.15) is 0 Å². The van der Waals surface area contributed by atoms with Gasteiger partial charge < -0.3 is 44.8 Å². The molecule has 7 N–H and O–H groups in total. The van der Waals surface area contributed by atoms with E-state index in [0.29, 0.717) is 11.6 Å². The SMILES string of the molecule is CCc1cc2c(=O)c(C(=O)O)cn(-c3nc(N)c(F)cc3F)c2c(Cl)c1N1CC(OC(=O)OC(P(=O)(O)O)P(=O)(O)O)C1. The number of aryl methyl sites for hydroxylation is 1. The third-order valence-corrected chi connectivity index (χ3v) is 9.79. The number of nitrogens with zero attached hydrogens (tertiary/aromatic N) is 3. The number of fused-ring (bicyclic) bond motifs is 1. The van der Waals surface area contributed by atoms with E-state index in [2.05, 4.69) is 9.72 Å². The van der Waals surface area contributed by atoms with Gasteiger partial charge >= 0.3 is 32.9 Å². The van der Waals surface area contributed by atoms with Crippen molar-refractivity contribution in [3.05, 3.63) is 56.3 Å². The van der Waals surface area contributed by atoms with Crippen LogP contribution in [0, 0.1) is 11.6 Å². The molecule has 1 saturated heterocycles. The molecule has 0 aliphatic carbocycles. The number of aromatic carboxylic acids is 1. The number of carbonyl (C=O) groups excluding carboxylic acids is 1. The highest BCUT2D eigenvalue weighted by Gasteiger charge is 2.48. The fourth-order valence-electron chi connectivity index (χ4n) is 4.34. The predicted molar refractivity (Wildman–Crippen MR) is 144 cm³/mol. The Morgan fingerprint density at radius 3 is 2.30 bits per heavy atom. The highest BCUT2D eigenvalue weighted by molar-refractivity contribution is 7.70. The van der Waals surface area contributed by atoms with E-state index in [9.17, 15) is 37.4 Å². The lowest BCUT2D eigenvalue weighted by atomic mass is 10.00. The molecule has 0 atom stereocenters. The van der Waals surface area contributed by atoms with Crippen molar-refractivity contribution in [3.8, 4) is 5.82 Å². The van der Waals surface area contributed by atoms with Gasteiger partial charge in [0.1, 0.15) is 11.7 Å². The van der Waals surface area contributed by atoms with Gasteiger partial charge in [-0.15, -0.1) is 0 Å². The van der Waals surface area contributed by atoms with Crippen LogP contribution >= 0.6 is 26.8 Å². The zero-order chi connectivity index (χ0) is 32.2. The lowest BCUT2D eigenvalue weighted by molar-refractivity contribution is 0.0108. The normalized spacial score (nSPS) is 14.2. The Morgan fingerprint density at radius 2 is 1.77 bits per heavy atom. The van der Waals surface area contributed by atoms with E-state index in [-0.39, 0.29) is 41.1 Å². The number of halogens is 3. The van der Waals surface area contributed by atoms with Gasteiger partial charge in [-0.1, -0.05) is 18.5 Å². The Labute approximate surface area is 243 Å². The summed E-state index contributed by atoms with van der Waals surface area (Å²) in [5, 5.41) is 9.16. The Morgan fingerprint density at radius 1 is 1.16 bits per heavy atom. The van der Waals surface area contributed by atoms with Crippen molar-refractivity contribution in [2.45, 2.75) is 25.0 Å². The summed E-state index contributed by atoms with van der Waals surface area (Å²) >= 11 is 6.73. The zero-order valence-electron chi connectivity index (χ0n) is 21.5. The monoisotopic (exact) mass is 668 g/mol. The molecular weight excluding hydrogens is 648 g/mol. The van der Waals surface area contributed by atoms with Crippen LogP contribution in [0.4, 0.5) is 25.1 Å². The van der Waals surface area contributed by atoms with Crippen LogP contribution in [-0.2, 0) is 25.0 Å². The molecule has 2 aromatic heterocycles. The maximum atomic E-state index is 14.9. The number of pyridine rings is 2. The van der Waals surface area contributed by atoms with Crippen LogP contribution in [-0.4, -0.2) is 71.1 Å². The van der Waals surface area contributed by atoms with Gasteiger partial charge in [0, 0.05) is 17.6 Å². The highest BCUT2D eigenvalue weighted by Crippen LogP contribution is 2.60. The van der Waals surface area contributed by atoms with Crippen molar-refractivity contribution in [1.82, 2.24) is 9.55 Å². The second-order valence-electron chi connectivity index (χ2n) is 9.17. The third-order valence-electron chi connectivity index (χ3n) is 6.26. The van der Waals surface area contributed by atoms with Gasteiger partial charge in [-0.25, -0.2) is 23.4 Å². The first-order chi connectivity index (χ1) is 19.8. The fourth-order valence-corrected chi connectivity index (χ4v) is 6.79. The number of ether oxygens (including phenoxy) is 2. The summed E-state index contributed by atoms with van der Waals surface area (Å²) in [6.07, 6.45) is -1.81. The van der Waals surface area contributed by atoms with Crippen molar-refractivity contribution in [2.24, 2.45) is 0 Å². The minimum Gasteiger partial charge on any atom is -0.477 e. The average Bonchev–Trinajstić information content (AvgIpc) is 2.86. The first kappa shape index (κ1) is 32.3. The lowest BCUT2D eigenvalue weighted by Crippen LogP contribution is -2.53. The van der Waals surface area contributed by atoms with E-state index < -0.39 is 73.3 Å². The molecule has 0 amide bonds. The molecule has 1 fully saturated rings. The smallest absolute Gasteiger partial charge is 0.477 e. The molecule has 0 saturated carbocycles. The molecule has 1 aliphatic rings. The Kier molecular flexibility index (Phi) is 8.61. The standard InChI is InChI=1S/C22H21ClF2N4O12P2/c1-2-8-3-10-16(29(7-11(17(10)30)20(31)32)19-13(25)4-12(24)18(26)27-19)14(23)15(8)28-5-9(6-28)40-21(33)41-22(42(34,35)36)43(37,38)39/h3-4,7,9,22H,2,5-6H2,1H3,(H2,26,27)(H,31,32)(H2,34,35,36)(H2,37,38,39). The molecule has 4 rings (SSSR count). The molecule has 0 radical (unpaired) electrons. The van der Waals surface area contributed by atoms with E-state index in [1.165, 1.54) is 11.0 Å². The van der Waals surface area contributed by atoms with Crippen molar-refractivity contribution in [3.63, 3.8) is 0 Å². The number of nitrogen functional groups attached to an aromatic ring is 1. The maximum Gasteiger partial charge on any atom is 0.510 e. The van der Waals surface area contributed by atoms with Gasteiger partial charge in [0.2, 0.25) is 5.43 Å². The molecule has 0 unspecified atom stereocenters. The van der Waals surface area contributed by atoms with Crippen LogP contribution in [0.15, 0.2) is 23.1 Å². The maximum absolute atomic E-state index is 14.9. The molecule has 3 aromatic rings. The summed E-state index contributed by atoms with van der Waals surface area (Å²) in [6.45, 7) is 1.40. The minimum atomic E-state index is -5.58. The van der Waals surface area contributed by atoms with Gasteiger partial charge in [0.15, 0.2) is 23.3 Å². The quantitative estimate of drug-likeness (QED) is 0.149. The number of nitrogens with two attached hydrogens (primary N) is 1. The van der Waals surface area contributed by atoms with Gasteiger partial charge in [0.05, 0.1) is 29.3 Å². The molecular formula is C22H21ClF2N4O12P2. The molecule has 0 bridgehead atoms. The molecule has 3 heterocycles. The summed E-state index contributed by atoms with van der Waals surface area (Å²) in [5.74, 6) is -5.49. The van der Waals surface area contributed by atoms with Gasteiger partial charge in [-0.3, -0.25) is 18.5 Å². The van der Waals surface area contributed by atoms with Crippen LogP contribution in [0.2, 0.25) is 5.02 Å². The first-order valence-electron chi connectivity index (χ1n) is 11.8. The molecule has 43 heavy (non-hydrogen) atoms. The first-order valence-corrected chi connectivity index (χ1v) is 15.6. The summed E-state index contributed by atoms with van der Waals surface area (Å²) in [5.41, 5.74) is 1.11. The van der Waals surface area contributed by atoms with Crippen molar-refractivity contribution in [1.29, 1.82) is 0 Å². The number of benzene rings is 1.